The number of aromatic nitrogens is 2. The number of carbonyl (C=O) groups excluding carboxylic acids is 1. The summed E-state index contributed by atoms with van der Waals surface area (Å²) in [6, 6.07) is 14.7. The smallest absolute Gasteiger partial charge is 0.138 e. The fourth-order valence-corrected chi connectivity index (χ4v) is 5.67. The molecule has 0 saturated heterocycles. The molecule has 3 heterocycles. The number of rotatable bonds is 7. The molecule has 1 aromatic carbocycles. The Hall–Kier alpha value is -3.79. The molecule has 7 heteroatoms. The van der Waals surface area contributed by atoms with Gasteiger partial charge in [0.2, 0.25) is 0 Å². The Labute approximate surface area is 231 Å². The highest BCUT2D eigenvalue weighted by Crippen LogP contribution is 2.36. The van der Waals surface area contributed by atoms with Gasteiger partial charge in [0.15, 0.2) is 0 Å². The Balaban J connectivity index is 1.30. The van der Waals surface area contributed by atoms with Gasteiger partial charge >= 0.3 is 0 Å². The third-order valence-electron chi connectivity index (χ3n) is 7.98. The van der Waals surface area contributed by atoms with Gasteiger partial charge in [0.05, 0.1) is 28.7 Å². The summed E-state index contributed by atoms with van der Waals surface area (Å²) in [5, 5.41) is 26.6. The van der Waals surface area contributed by atoms with Gasteiger partial charge in [-0.2, -0.15) is 20.6 Å². The van der Waals surface area contributed by atoms with Crippen molar-refractivity contribution in [2.45, 2.75) is 79.2 Å². The summed E-state index contributed by atoms with van der Waals surface area (Å²) in [5.41, 5.74) is 7.50. The van der Waals surface area contributed by atoms with Crippen molar-refractivity contribution < 1.29 is 4.79 Å². The van der Waals surface area contributed by atoms with Crippen LogP contribution >= 0.6 is 0 Å². The molecule has 2 aromatic heterocycles. The lowest BCUT2D eigenvalue weighted by Crippen LogP contribution is -2.27. The molecule has 202 valence electrons. The quantitative estimate of drug-likeness (QED) is 0.359. The number of nitrogens with one attached hydrogen (secondary N) is 1. The van der Waals surface area contributed by atoms with Crippen LogP contribution in [0.1, 0.15) is 84.3 Å². The lowest BCUT2D eigenvalue weighted by atomic mass is 9.75. The maximum atomic E-state index is 12.5. The van der Waals surface area contributed by atoms with Gasteiger partial charge in [0.1, 0.15) is 11.9 Å². The van der Waals surface area contributed by atoms with Crippen molar-refractivity contribution in [2.75, 3.05) is 5.32 Å². The number of benzene rings is 1. The molecule has 39 heavy (non-hydrogen) atoms. The minimum atomic E-state index is -0.252. The predicted octanol–water partition coefficient (Wildman–Crippen LogP) is 7.05. The summed E-state index contributed by atoms with van der Waals surface area (Å²) in [5.74, 6) is 1.32. The summed E-state index contributed by atoms with van der Waals surface area (Å²) in [6.45, 7) is 10.3. The van der Waals surface area contributed by atoms with Gasteiger partial charge in [-0.1, -0.05) is 32.9 Å². The van der Waals surface area contributed by atoms with Crippen LogP contribution in [0.5, 0.6) is 0 Å². The molecule has 1 N–H and O–H groups in total. The van der Waals surface area contributed by atoms with Crippen LogP contribution in [-0.4, -0.2) is 32.9 Å². The Morgan fingerprint density at radius 3 is 2.56 bits per heavy atom. The molecular weight excluding hydrogens is 484 g/mol. The van der Waals surface area contributed by atoms with Crippen molar-refractivity contribution in [3.05, 3.63) is 53.7 Å². The van der Waals surface area contributed by atoms with Crippen LogP contribution in [0.2, 0.25) is 0 Å². The van der Waals surface area contributed by atoms with E-state index in [9.17, 15) is 10.1 Å². The van der Waals surface area contributed by atoms with Crippen LogP contribution in [0.3, 0.4) is 0 Å². The maximum Gasteiger partial charge on any atom is 0.138 e. The molecule has 1 aliphatic carbocycles. The molecule has 3 aromatic rings. The molecule has 7 nitrogen and oxygen atoms in total. The first-order chi connectivity index (χ1) is 18.6. The largest absolute Gasteiger partial charge is 0.382 e. The zero-order valence-corrected chi connectivity index (χ0v) is 23.7. The fraction of sp³-hybridized carbons (Fsp3) is 0.469. The number of hydrogen-bond donors (Lipinski definition) is 1. The molecule has 1 saturated carbocycles. The molecule has 1 aliphatic heterocycles. The Morgan fingerprint density at radius 2 is 1.87 bits per heavy atom. The van der Waals surface area contributed by atoms with Crippen molar-refractivity contribution in [1.29, 1.82) is 5.26 Å². The van der Waals surface area contributed by atoms with Crippen LogP contribution in [0.15, 0.2) is 52.8 Å². The number of fused-ring (bicyclic) bond motifs is 1. The van der Waals surface area contributed by atoms with Crippen molar-refractivity contribution in [3.63, 3.8) is 0 Å². The summed E-state index contributed by atoms with van der Waals surface area (Å²) in [7, 11) is 0. The monoisotopic (exact) mass is 522 g/mol. The maximum absolute atomic E-state index is 12.5. The van der Waals surface area contributed by atoms with E-state index in [4.69, 9.17) is 0 Å². The summed E-state index contributed by atoms with van der Waals surface area (Å²) in [4.78, 5) is 12.5. The topological polar surface area (TPSA) is 94.9 Å². The number of Topliss-reactive ketones (excluding diaryl/α,β-unsaturated/α-hetero) is 1. The first kappa shape index (κ1) is 26.8. The van der Waals surface area contributed by atoms with Crippen molar-refractivity contribution in [2.24, 2.45) is 27.5 Å². The van der Waals surface area contributed by atoms with E-state index < -0.39 is 0 Å². The van der Waals surface area contributed by atoms with Crippen molar-refractivity contribution >= 4 is 28.4 Å². The van der Waals surface area contributed by atoms with Crippen LogP contribution in [0.25, 0.3) is 16.8 Å². The Morgan fingerprint density at radius 1 is 1.10 bits per heavy atom. The summed E-state index contributed by atoms with van der Waals surface area (Å²) < 4.78 is 1.87. The molecule has 2 aliphatic rings. The van der Waals surface area contributed by atoms with Gasteiger partial charge in [0.25, 0.3) is 0 Å². The average molecular weight is 523 g/mol. The summed E-state index contributed by atoms with van der Waals surface area (Å²) >= 11 is 0. The third kappa shape index (κ3) is 5.80. The van der Waals surface area contributed by atoms with Crippen LogP contribution in [-0.2, 0) is 4.79 Å². The molecule has 0 unspecified atom stereocenters. The molecule has 0 radical (unpaired) electrons. The van der Waals surface area contributed by atoms with Gasteiger partial charge in [-0.25, -0.2) is 4.52 Å². The lowest BCUT2D eigenvalue weighted by Gasteiger charge is -2.29. The van der Waals surface area contributed by atoms with Crippen molar-refractivity contribution in [3.8, 4) is 17.3 Å². The number of hydrogen-bond acceptors (Lipinski definition) is 6. The number of ketones is 1. The van der Waals surface area contributed by atoms with Gasteiger partial charge in [-0.05, 0) is 75.6 Å². The molecule has 5 rings (SSSR count). The number of carbonyl (C=O) groups is 1. The van der Waals surface area contributed by atoms with E-state index in [0.29, 0.717) is 29.6 Å². The minimum absolute atomic E-state index is 0.252. The highest BCUT2D eigenvalue weighted by molar-refractivity contribution is 6.18. The highest BCUT2D eigenvalue weighted by atomic mass is 16.1. The van der Waals surface area contributed by atoms with Gasteiger partial charge in [0, 0.05) is 46.8 Å². The molecule has 0 atom stereocenters. The molecule has 0 amide bonds. The standard InChI is InChI=1S/C32H38N6O/c1-20(2)35-28-16-24(30-13-11-25-14-22(18-33)19-34-38(25)30)10-12-26(28)29-17-27(36-37-29)23-8-6-21(7-9-23)15-31(39)32(3,4)5/h10-14,16,19-21,23,35H,6-9,15,17H2,1-5H3. The summed E-state index contributed by atoms with van der Waals surface area (Å²) in [6.07, 6.45) is 7.42. The van der Waals surface area contributed by atoms with Crippen LogP contribution in [0, 0.1) is 28.6 Å². The van der Waals surface area contributed by atoms with Crippen LogP contribution < -0.4 is 5.32 Å². The number of nitriles is 1. The number of nitrogens with zero attached hydrogens (tertiary/aromatic N) is 5. The van der Waals surface area contributed by atoms with Gasteiger partial charge in [-0.3, -0.25) is 4.79 Å². The zero-order chi connectivity index (χ0) is 27.7. The highest BCUT2D eigenvalue weighted by Gasteiger charge is 2.31. The predicted molar refractivity (Wildman–Crippen MR) is 157 cm³/mol. The molecule has 1 fully saturated rings. The number of anilines is 1. The minimum Gasteiger partial charge on any atom is -0.382 e. The first-order valence-electron chi connectivity index (χ1n) is 14.1. The van der Waals surface area contributed by atoms with E-state index in [1.165, 1.54) is 5.71 Å². The van der Waals surface area contributed by atoms with E-state index in [-0.39, 0.29) is 11.5 Å². The van der Waals surface area contributed by atoms with E-state index in [0.717, 1.165) is 65.8 Å². The SMILES string of the molecule is CC(C)Nc1cc(-c2ccc3cc(C#N)cnn23)ccc1C1=NN=C(C2CCC(CC(=O)C(C)(C)C)CC2)C1. The molecule has 0 spiro atoms. The van der Waals surface area contributed by atoms with Crippen LogP contribution in [0.4, 0.5) is 5.69 Å². The van der Waals surface area contributed by atoms with Gasteiger partial charge in [-0.15, -0.1) is 0 Å². The molecule has 0 bridgehead atoms. The van der Waals surface area contributed by atoms with E-state index in [1.807, 2.05) is 43.5 Å². The lowest BCUT2D eigenvalue weighted by molar-refractivity contribution is -0.127. The van der Waals surface area contributed by atoms with Gasteiger partial charge < -0.3 is 5.32 Å². The molecular formula is C32H38N6O. The zero-order valence-electron chi connectivity index (χ0n) is 23.7. The second kappa shape index (κ2) is 10.8. The Bertz CT molecular complexity index is 1490. The third-order valence-corrected chi connectivity index (χ3v) is 7.98. The normalized spacial score (nSPS) is 19.6. The van der Waals surface area contributed by atoms with E-state index in [2.05, 4.69) is 58.7 Å². The van der Waals surface area contributed by atoms with E-state index in [1.54, 1.807) is 6.20 Å². The second-order valence-electron chi connectivity index (χ2n) is 12.4. The first-order valence-corrected chi connectivity index (χ1v) is 14.1. The average Bonchev–Trinajstić information content (AvgIpc) is 3.55. The van der Waals surface area contributed by atoms with Crippen molar-refractivity contribution in [1.82, 2.24) is 9.61 Å². The Kier molecular flexibility index (Phi) is 7.40. The second-order valence-corrected chi connectivity index (χ2v) is 12.4. The van der Waals surface area contributed by atoms with E-state index >= 15 is 0 Å². The fourth-order valence-electron chi connectivity index (χ4n) is 5.67.